The average molecular weight is 203 g/mol. The van der Waals surface area contributed by atoms with Crippen LogP contribution >= 0.6 is 0 Å². The molecule has 3 rings (SSSR count). The largest absolute Gasteiger partial charge is 0.330 e. The first-order valence-corrected chi connectivity index (χ1v) is 5.46. The minimum atomic E-state index is 0.123. The Morgan fingerprint density at radius 1 is 1.33 bits per heavy atom. The standard InChI is InChI=1S/C11H13N3O/c15-11-9-5-12-7-13-10(9)6-14(11)8-3-1-2-4-8/h5,7-8H,1-4,6H2. The Morgan fingerprint density at radius 3 is 2.87 bits per heavy atom. The van der Waals surface area contributed by atoms with Crippen molar-refractivity contribution in [2.24, 2.45) is 0 Å². The summed E-state index contributed by atoms with van der Waals surface area (Å²) >= 11 is 0. The second-order valence-corrected chi connectivity index (χ2v) is 4.25. The third kappa shape index (κ3) is 1.32. The molecule has 1 saturated carbocycles. The van der Waals surface area contributed by atoms with Crippen LogP contribution in [0.4, 0.5) is 0 Å². The van der Waals surface area contributed by atoms with E-state index < -0.39 is 0 Å². The van der Waals surface area contributed by atoms with Gasteiger partial charge < -0.3 is 4.90 Å². The Labute approximate surface area is 88.3 Å². The summed E-state index contributed by atoms with van der Waals surface area (Å²) < 4.78 is 0. The Bertz CT molecular complexity index is 399. The molecule has 0 N–H and O–H groups in total. The lowest BCUT2D eigenvalue weighted by Crippen LogP contribution is -2.33. The highest BCUT2D eigenvalue weighted by Gasteiger charge is 2.34. The van der Waals surface area contributed by atoms with Crippen molar-refractivity contribution in [3.05, 3.63) is 23.8 Å². The molecule has 0 radical (unpaired) electrons. The number of hydrogen-bond acceptors (Lipinski definition) is 3. The van der Waals surface area contributed by atoms with E-state index in [0.717, 1.165) is 18.5 Å². The number of carbonyl (C=O) groups is 1. The molecule has 2 heterocycles. The van der Waals surface area contributed by atoms with E-state index in [9.17, 15) is 4.79 Å². The lowest BCUT2D eigenvalue weighted by Gasteiger charge is -2.22. The van der Waals surface area contributed by atoms with Crippen molar-refractivity contribution in [1.29, 1.82) is 0 Å². The number of aromatic nitrogens is 2. The molecule has 78 valence electrons. The average Bonchev–Trinajstić information content (AvgIpc) is 2.87. The van der Waals surface area contributed by atoms with Gasteiger partial charge in [-0.2, -0.15) is 0 Å². The normalized spacial score (nSPS) is 21.1. The molecule has 2 aliphatic rings. The number of amides is 1. The predicted octanol–water partition coefficient (Wildman–Crippen LogP) is 1.38. The summed E-state index contributed by atoms with van der Waals surface area (Å²) in [5.74, 6) is 0.123. The van der Waals surface area contributed by atoms with Crippen LogP contribution in [0.15, 0.2) is 12.5 Å². The first kappa shape index (κ1) is 8.83. The zero-order valence-corrected chi connectivity index (χ0v) is 8.52. The molecule has 1 aromatic rings. The van der Waals surface area contributed by atoms with Crippen LogP contribution in [0.25, 0.3) is 0 Å². The van der Waals surface area contributed by atoms with Crippen LogP contribution in [0, 0.1) is 0 Å². The van der Waals surface area contributed by atoms with Crippen LogP contribution in [0.2, 0.25) is 0 Å². The highest BCUT2D eigenvalue weighted by atomic mass is 16.2. The van der Waals surface area contributed by atoms with Gasteiger partial charge in [0.05, 0.1) is 17.8 Å². The minimum Gasteiger partial charge on any atom is -0.330 e. The lowest BCUT2D eigenvalue weighted by atomic mass is 10.2. The van der Waals surface area contributed by atoms with E-state index in [1.807, 2.05) is 4.90 Å². The number of rotatable bonds is 1. The van der Waals surface area contributed by atoms with Crippen LogP contribution in [-0.4, -0.2) is 26.8 Å². The lowest BCUT2D eigenvalue weighted by molar-refractivity contribution is 0.0706. The number of hydrogen-bond donors (Lipinski definition) is 0. The van der Waals surface area contributed by atoms with E-state index >= 15 is 0 Å². The fourth-order valence-electron chi connectivity index (χ4n) is 2.56. The summed E-state index contributed by atoms with van der Waals surface area (Å²) in [4.78, 5) is 22.1. The van der Waals surface area contributed by atoms with Crippen LogP contribution < -0.4 is 0 Å². The summed E-state index contributed by atoms with van der Waals surface area (Å²) in [6.07, 6.45) is 7.94. The van der Waals surface area contributed by atoms with Gasteiger partial charge in [0, 0.05) is 12.2 Å². The molecule has 0 saturated heterocycles. The van der Waals surface area contributed by atoms with Crippen LogP contribution in [-0.2, 0) is 6.54 Å². The van der Waals surface area contributed by atoms with E-state index in [1.54, 1.807) is 6.20 Å². The fraction of sp³-hybridized carbons (Fsp3) is 0.545. The molecule has 1 amide bonds. The molecule has 1 fully saturated rings. The zero-order chi connectivity index (χ0) is 10.3. The Balaban J connectivity index is 1.89. The first-order chi connectivity index (χ1) is 7.36. The summed E-state index contributed by atoms with van der Waals surface area (Å²) in [6.45, 7) is 0.682. The molecule has 0 unspecified atom stereocenters. The van der Waals surface area contributed by atoms with Gasteiger partial charge >= 0.3 is 0 Å². The van der Waals surface area contributed by atoms with Crippen LogP contribution in [0.5, 0.6) is 0 Å². The molecule has 0 atom stereocenters. The van der Waals surface area contributed by atoms with E-state index in [2.05, 4.69) is 9.97 Å². The van der Waals surface area contributed by atoms with Gasteiger partial charge in [0.25, 0.3) is 5.91 Å². The van der Waals surface area contributed by atoms with Gasteiger partial charge in [-0.3, -0.25) is 4.79 Å². The molecule has 1 aliphatic heterocycles. The van der Waals surface area contributed by atoms with Crippen molar-refractivity contribution in [1.82, 2.24) is 14.9 Å². The summed E-state index contributed by atoms with van der Waals surface area (Å²) in [6, 6.07) is 0.437. The molecule has 1 aromatic heterocycles. The third-order valence-corrected chi connectivity index (χ3v) is 3.37. The Kier molecular flexibility index (Phi) is 1.94. The molecule has 4 heteroatoms. The Morgan fingerprint density at radius 2 is 2.13 bits per heavy atom. The predicted molar refractivity (Wildman–Crippen MR) is 54.2 cm³/mol. The Hall–Kier alpha value is -1.45. The second-order valence-electron chi connectivity index (χ2n) is 4.25. The van der Waals surface area contributed by atoms with Crippen molar-refractivity contribution in [3.8, 4) is 0 Å². The highest BCUT2D eigenvalue weighted by Crippen LogP contribution is 2.30. The van der Waals surface area contributed by atoms with E-state index in [1.165, 1.54) is 19.2 Å². The maximum atomic E-state index is 12.0. The van der Waals surface area contributed by atoms with Gasteiger partial charge in [-0.05, 0) is 12.8 Å². The second kappa shape index (κ2) is 3.29. The molecule has 1 aliphatic carbocycles. The smallest absolute Gasteiger partial charge is 0.257 e. The van der Waals surface area contributed by atoms with Crippen molar-refractivity contribution < 1.29 is 4.79 Å². The zero-order valence-electron chi connectivity index (χ0n) is 8.52. The molecular weight excluding hydrogens is 190 g/mol. The van der Waals surface area contributed by atoms with Crippen molar-refractivity contribution in [2.75, 3.05) is 0 Å². The topological polar surface area (TPSA) is 46.1 Å². The molecule has 0 spiro atoms. The number of carbonyl (C=O) groups excluding carboxylic acids is 1. The van der Waals surface area contributed by atoms with Crippen molar-refractivity contribution >= 4 is 5.91 Å². The first-order valence-electron chi connectivity index (χ1n) is 5.46. The monoisotopic (exact) mass is 203 g/mol. The van der Waals surface area contributed by atoms with Gasteiger partial charge in [0.2, 0.25) is 0 Å². The van der Waals surface area contributed by atoms with Gasteiger partial charge in [-0.15, -0.1) is 0 Å². The maximum absolute atomic E-state index is 12.0. The maximum Gasteiger partial charge on any atom is 0.257 e. The third-order valence-electron chi connectivity index (χ3n) is 3.37. The minimum absolute atomic E-state index is 0.123. The highest BCUT2D eigenvalue weighted by molar-refractivity contribution is 5.97. The van der Waals surface area contributed by atoms with Crippen LogP contribution in [0.1, 0.15) is 41.7 Å². The van der Waals surface area contributed by atoms with E-state index in [-0.39, 0.29) is 5.91 Å². The van der Waals surface area contributed by atoms with E-state index in [4.69, 9.17) is 0 Å². The van der Waals surface area contributed by atoms with Gasteiger partial charge in [-0.1, -0.05) is 12.8 Å². The van der Waals surface area contributed by atoms with Gasteiger partial charge in [-0.25, -0.2) is 9.97 Å². The summed E-state index contributed by atoms with van der Waals surface area (Å²) in [7, 11) is 0. The molecule has 0 aromatic carbocycles. The van der Waals surface area contributed by atoms with Gasteiger partial charge in [0.15, 0.2) is 0 Å². The number of fused-ring (bicyclic) bond motifs is 1. The quantitative estimate of drug-likeness (QED) is 0.692. The van der Waals surface area contributed by atoms with Crippen LogP contribution in [0.3, 0.4) is 0 Å². The van der Waals surface area contributed by atoms with E-state index in [0.29, 0.717) is 18.2 Å². The summed E-state index contributed by atoms with van der Waals surface area (Å²) in [5.41, 5.74) is 1.59. The van der Waals surface area contributed by atoms with Gasteiger partial charge in [0.1, 0.15) is 6.33 Å². The number of nitrogens with zero attached hydrogens (tertiary/aromatic N) is 3. The fourth-order valence-corrected chi connectivity index (χ4v) is 2.56. The molecule has 15 heavy (non-hydrogen) atoms. The molecular formula is C11H13N3O. The SMILES string of the molecule is O=C1c2cncnc2CN1C1CCCC1. The molecule has 4 nitrogen and oxygen atoms in total. The molecule has 0 bridgehead atoms. The van der Waals surface area contributed by atoms with Crippen molar-refractivity contribution in [2.45, 2.75) is 38.3 Å². The van der Waals surface area contributed by atoms with Crippen molar-refractivity contribution in [3.63, 3.8) is 0 Å². The summed E-state index contributed by atoms with van der Waals surface area (Å²) in [5, 5.41) is 0.